The summed E-state index contributed by atoms with van der Waals surface area (Å²) in [7, 11) is 0. The molecule has 1 fully saturated rings. The maximum atomic E-state index is 14.1. The summed E-state index contributed by atoms with van der Waals surface area (Å²) in [5, 5.41) is 3.84. The smallest absolute Gasteiger partial charge is 0.127 e. The van der Waals surface area contributed by atoms with E-state index in [1.807, 2.05) is 12.1 Å². The summed E-state index contributed by atoms with van der Waals surface area (Å²) in [6, 6.07) is 7.22. The summed E-state index contributed by atoms with van der Waals surface area (Å²) in [6.45, 7) is 2.03. The van der Waals surface area contributed by atoms with E-state index in [1.165, 1.54) is 0 Å². The van der Waals surface area contributed by atoms with Gasteiger partial charge in [-0.2, -0.15) is 0 Å². The van der Waals surface area contributed by atoms with Crippen LogP contribution >= 0.6 is 11.6 Å². The molecule has 0 radical (unpaired) electrons. The molecule has 1 heterocycles. The van der Waals surface area contributed by atoms with Crippen molar-refractivity contribution in [1.29, 1.82) is 0 Å². The molecule has 0 amide bonds. The molecule has 0 bridgehead atoms. The molecule has 0 aromatic heterocycles. The van der Waals surface area contributed by atoms with Crippen molar-refractivity contribution in [1.82, 2.24) is 5.32 Å². The first-order valence-corrected chi connectivity index (χ1v) is 6.24. The molecule has 1 nitrogen and oxygen atoms in total. The fourth-order valence-electron chi connectivity index (χ4n) is 2.27. The van der Waals surface area contributed by atoms with Crippen LogP contribution in [0.3, 0.4) is 0 Å². The largest absolute Gasteiger partial charge is 0.317 e. The van der Waals surface area contributed by atoms with Crippen LogP contribution in [0.25, 0.3) is 0 Å². The molecule has 1 atom stereocenters. The molecule has 1 aliphatic heterocycles. The Balaban J connectivity index is 1.96. The van der Waals surface area contributed by atoms with Crippen LogP contribution in [0.15, 0.2) is 24.3 Å². The van der Waals surface area contributed by atoms with Crippen LogP contribution < -0.4 is 5.32 Å². The first kappa shape index (κ1) is 11.9. The van der Waals surface area contributed by atoms with E-state index in [9.17, 15) is 4.39 Å². The molecule has 16 heavy (non-hydrogen) atoms. The Hall–Kier alpha value is -0.600. The van der Waals surface area contributed by atoms with Crippen molar-refractivity contribution in [3.8, 4) is 0 Å². The van der Waals surface area contributed by atoms with Gasteiger partial charge in [0.1, 0.15) is 6.17 Å². The highest BCUT2D eigenvalue weighted by Gasteiger charge is 2.20. The van der Waals surface area contributed by atoms with Gasteiger partial charge in [0.15, 0.2) is 0 Å². The van der Waals surface area contributed by atoms with Gasteiger partial charge in [0, 0.05) is 10.6 Å². The Morgan fingerprint density at radius 2 is 2.00 bits per heavy atom. The number of benzene rings is 1. The zero-order valence-corrected chi connectivity index (χ0v) is 10.0. The predicted molar refractivity (Wildman–Crippen MR) is 65.5 cm³/mol. The average molecular weight is 242 g/mol. The molecule has 1 unspecified atom stereocenters. The number of hydrogen-bond donors (Lipinski definition) is 1. The molecule has 88 valence electrons. The van der Waals surface area contributed by atoms with Crippen LogP contribution in [0.1, 0.15) is 31.0 Å². The quantitative estimate of drug-likeness (QED) is 0.850. The second-order valence-electron chi connectivity index (χ2n) is 4.42. The van der Waals surface area contributed by atoms with Gasteiger partial charge < -0.3 is 5.32 Å². The number of nitrogens with one attached hydrogen (secondary N) is 1. The lowest BCUT2D eigenvalue weighted by Crippen LogP contribution is -2.28. The average Bonchev–Trinajstić information content (AvgIpc) is 2.31. The zero-order valence-electron chi connectivity index (χ0n) is 9.26. The third-order valence-corrected chi connectivity index (χ3v) is 3.59. The summed E-state index contributed by atoms with van der Waals surface area (Å²) in [5.74, 6) is 0.493. The van der Waals surface area contributed by atoms with Crippen LogP contribution in [-0.2, 0) is 0 Å². The highest BCUT2D eigenvalue weighted by molar-refractivity contribution is 6.31. The van der Waals surface area contributed by atoms with Crippen molar-refractivity contribution in [2.75, 3.05) is 13.1 Å². The summed E-state index contributed by atoms with van der Waals surface area (Å²) in [6.07, 6.45) is 1.83. The molecular formula is C13H17ClFN. The van der Waals surface area contributed by atoms with Crippen molar-refractivity contribution < 1.29 is 4.39 Å². The van der Waals surface area contributed by atoms with E-state index in [0.29, 0.717) is 22.9 Å². The second-order valence-corrected chi connectivity index (χ2v) is 4.83. The molecule has 0 saturated carbocycles. The fourth-order valence-corrected chi connectivity index (χ4v) is 2.52. The molecule has 0 aliphatic carbocycles. The fraction of sp³-hybridized carbons (Fsp3) is 0.538. The Morgan fingerprint density at radius 1 is 1.31 bits per heavy atom. The minimum absolute atomic E-state index is 0.493. The predicted octanol–water partition coefficient (Wildman–Crippen LogP) is 3.74. The molecule has 3 heteroatoms. The third kappa shape index (κ3) is 2.96. The molecule has 1 N–H and O–H groups in total. The lowest BCUT2D eigenvalue weighted by Gasteiger charge is -2.24. The van der Waals surface area contributed by atoms with Crippen LogP contribution in [0.4, 0.5) is 4.39 Å². The second kappa shape index (κ2) is 5.65. The van der Waals surface area contributed by atoms with Crippen molar-refractivity contribution in [3.05, 3.63) is 34.9 Å². The Labute approximate surface area is 101 Å². The van der Waals surface area contributed by atoms with Crippen LogP contribution in [0, 0.1) is 5.92 Å². The molecule has 1 aromatic carbocycles. The lowest BCUT2D eigenvalue weighted by molar-refractivity contribution is 0.240. The van der Waals surface area contributed by atoms with Crippen molar-refractivity contribution >= 4 is 11.6 Å². The zero-order chi connectivity index (χ0) is 11.4. The van der Waals surface area contributed by atoms with E-state index in [0.717, 1.165) is 25.9 Å². The van der Waals surface area contributed by atoms with Crippen molar-refractivity contribution in [3.63, 3.8) is 0 Å². The topological polar surface area (TPSA) is 12.0 Å². The Morgan fingerprint density at radius 3 is 2.69 bits per heavy atom. The van der Waals surface area contributed by atoms with E-state index in [1.54, 1.807) is 12.1 Å². The summed E-state index contributed by atoms with van der Waals surface area (Å²) in [4.78, 5) is 0. The number of piperidine rings is 1. The van der Waals surface area contributed by atoms with Gasteiger partial charge in [-0.3, -0.25) is 0 Å². The van der Waals surface area contributed by atoms with Gasteiger partial charge in [0.25, 0.3) is 0 Å². The maximum absolute atomic E-state index is 14.1. The van der Waals surface area contributed by atoms with Crippen molar-refractivity contribution in [2.45, 2.75) is 25.4 Å². The van der Waals surface area contributed by atoms with Gasteiger partial charge in [0.2, 0.25) is 0 Å². The van der Waals surface area contributed by atoms with E-state index in [-0.39, 0.29) is 0 Å². The molecule has 1 saturated heterocycles. The first-order valence-electron chi connectivity index (χ1n) is 5.86. The van der Waals surface area contributed by atoms with Gasteiger partial charge in [-0.1, -0.05) is 29.8 Å². The summed E-state index contributed by atoms with van der Waals surface area (Å²) < 4.78 is 14.1. The number of hydrogen-bond acceptors (Lipinski definition) is 1. The monoisotopic (exact) mass is 241 g/mol. The standard InChI is InChI=1S/C13H17ClFN/c14-12-4-2-1-3-11(12)13(15)9-10-5-7-16-8-6-10/h1-4,10,13,16H,5-9H2. The minimum atomic E-state index is -0.920. The van der Waals surface area contributed by atoms with Gasteiger partial charge in [0.05, 0.1) is 0 Å². The van der Waals surface area contributed by atoms with Crippen molar-refractivity contribution in [2.24, 2.45) is 5.92 Å². The minimum Gasteiger partial charge on any atom is -0.317 e. The van der Waals surface area contributed by atoms with E-state index >= 15 is 0 Å². The molecule has 1 aliphatic rings. The van der Waals surface area contributed by atoms with Gasteiger partial charge >= 0.3 is 0 Å². The molecule has 0 spiro atoms. The normalized spacial score (nSPS) is 19.6. The Bertz CT molecular complexity index is 336. The van der Waals surface area contributed by atoms with Gasteiger partial charge in [-0.25, -0.2) is 4.39 Å². The molecular weight excluding hydrogens is 225 g/mol. The SMILES string of the molecule is FC(CC1CCNCC1)c1ccccc1Cl. The van der Waals surface area contributed by atoms with Crippen LogP contribution in [-0.4, -0.2) is 13.1 Å². The van der Waals surface area contributed by atoms with Gasteiger partial charge in [-0.05, 0) is 44.3 Å². The maximum Gasteiger partial charge on any atom is 0.127 e. The van der Waals surface area contributed by atoms with Crippen LogP contribution in [0.5, 0.6) is 0 Å². The summed E-state index contributed by atoms with van der Waals surface area (Å²) >= 11 is 5.98. The van der Waals surface area contributed by atoms with E-state index < -0.39 is 6.17 Å². The lowest BCUT2D eigenvalue weighted by atomic mass is 9.90. The van der Waals surface area contributed by atoms with Gasteiger partial charge in [-0.15, -0.1) is 0 Å². The highest BCUT2D eigenvalue weighted by atomic mass is 35.5. The van der Waals surface area contributed by atoms with E-state index in [2.05, 4.69) is 5.32 Å². The highest BCUT2D eigenvalue weighted by Crippen LogP contribution is 2.33. The number of rotatable bonds is 3. The first-order chi connectivity index (χ1) is 7.77. The molecule has 2 rings (SSSR count). The van der Waals surface area contributed by atoms with Crippen LogP contribution in [0.2, 0.25) is 5.02 Å². The summed E-state index contributed by atoms with van der Waals surface area (Å²) in [5.41, 5.74) is 0.641. The third-order valence-electron chi connectivity index (χ3n) is 3.24. The Kier molecular flexibility index (Phi) is 4.19. The van der Waals surface area contributed by atoms with E-state index in [4.69, 9.17) is 11.6 Å². The number of alkyl halides is 1. The number of halogens is 2. The molecule has 1 aromatic rings.